The van der Waals surface area contributed by atoms with Crippen molar-refractivity contribution in [3.05, 3.63) is 27.7 Å². The number of hydrogen-bond donors (Lipinski definition) is 2. The van der Waals surface area contributed by atoms with E-state index in [1.54, 1.807) is 6.07 Å². The number of piperazine rings is 1. The van der Waals surface area contributed by atoms with Gasteiger partial charge in [0.1, 0.15) is 12.4 Å². The van der Waals surface area contributed by atoms with E-state index in [1.165, 1.54) is 6.07 Å². The molecule has 0 aliphatic carbocycles. The largest absolute Gasteiger partial charge is 0.506 e. The summed E-state index contributed by atoms with van der Waals surface area (Å²) in [5.74, 6) is 0.0141. The van der Waals surface area contributed by atoms with E-state index in [2.05, 4.69) is 21.2 Å². The van der Waals surface area contributed by atoms with Crippen LogP contribution in [0.4, 0.5) is 4.39 Å². The van der Waals surface area contributed by atoms with Gasteiger partial charge in [0.05, 0.1) is 22.1 Å². The molecule has 102 valence electrons. The zero-order valence-corrected chi connectivity index (χ0v) is 12.0. The Hall–Kier alpha value is -1.16. The van der Waals surface area contributed by atoms with Crippen molar-refractivity contribution >= 4 is 15.9 Å². The minimum atomic E-state index is -0.588. The summed E-state index contributed by atoms with van der Waals surface area (Å²) in [5.41, 5.74) is 0.878. The number of rotatable bonds is 3. The molecular formula is C13H15BrFN3O. The van der Waals surface area contributed by atoms with Gasteiger partial charge in [0, 0.05) is 31.7 Å². The predicted octanol–water partition coefficient (Wildman–Crippen LogP) is 1.94. The van der Waals surface area contributed by atoms with E-state index in [-0.39, 0.29) is 5.75 Å². The summed E-state index contributed by atoms with van der Waals surface area (Å²) < 4.78 is 13.8. The van der Waals surface area contributed by atoms with Gasteiger partial charge in [-0.2, -0.15) is 5.26 Å². The first-order valence-electron chi connectivity index (χ1n) is 6.10. The summed E-state index contributed by atoms with van der Waals surface area (Å²) in [5, 5.41) is 22.3. The van der Waals surface area contributed by atoms with E-state index in [0.717, 1.165) is 26.2 Å². The van der Waals surface area contributed by atoms with E-state index < -0.39 is 12.7 Å². The molecule has 0 spiro atoms. The zero-order valence-electron chi connectivity index (χ0n) is 10.4. The molecule has 1 aromatic rings. The Labute approximate surface area is 120 Å². The van der Waals surface area contributed by atoms with Crippen LogP contribution < -0.4 is 5.32 Å². The van der Waals surface area contributed by atoms with Crippen molar-refractivity contribution in [2.24, 2.45) is 0 Å². The highest BCUT2D eigenvalue weighted by Gasteiger charge is 2.25. The van der Waals surface area contributed by atoms with Crippen molar-refractivity contribution in [1.29, 1.82) is 5.26 Å². The molecule has 1 saturated heterocycles. The van der Waals surface area contributed by atoms with Crippen LogP contribution in [0.15, 0.2) is 16.6 Å². The van der Waals surface area contributed by atoms with Crippen LogP contribution in [0.2, 0.25) is 0 Å². The van der Waals surface area contributed by atoms with Gasteiger partial charge in [0.25, 0.3) is 0 Å². The molecule has 0 radical (unpaired) electrons. The first-order chi connectivity index (χ1) is 9.17. The van der Waals surface area contributed by atoms with Crippen LogP contribution in [0.5, 0.6) is 5.75 Å². The summed E-state index contributed by atoms with van der Waals surface area (Å²) in [6.45, 7) is 2.46. The highest BCUT2D eigenvalue weighted by molar-refractivity contribution is 9.10. The third kappa shape index (κ3) is 3.06. The third-order valence-electron chi connectivity index (χ3n) is 3.32. The minimum absolute atomic E-state index is 0.0141. The van der Waals surface area contributed by atoms with Gasteiger partial charge in [-0.3, -0.25) is 4.90 Å². The number of nitriles is 1. The maximum atomic E-state index is 13.4. The summed E-state index contributed by atoms with van der Waals surface area (Å²) in [4.78, 5) is 1.99. The summed E-state index contributed by atoms with van der Waals surface area (Å²) >= 11 is 3.20. The molecule has 0 bridgehead atoms. The molecule has 1 aliphatic rings. The molecule has 2 N–H and O–H groups in total. The maximum absolute atomic E-state index is 13.4. The normalized spacial score (nSPS) is 17.9. The van der Waals surface area contributed by atoms with Gasteiger partial charge in [-0.15, -0.1) is 0 Å². The number of halogens is 2. The first-order valence-corrected chi connectivity index (χ1v) is 6.90. The highest BCUT2D eigenvalue weighted by Crippen LogP contribution is 2.36. The molecule has 1 fully saturated rings. The quantitative estimate of drug-likeness (QED) is 0.890. The molecule has 6 heteroatoms. The number of aromatic hydroxyl groups is 1. The number of alkyl halides is 1. The van der Waals surface area contributed by atoms with Crippen LogP contribution in [-0.2, 0) is 0 Å². The average Bonchev–Trinajstić information content (AvgIpc) is 2.45. The smallest absolute Gasteiger partial charge is 0.134 e. The summed E-state index contributed by atoms with van der Waals surface area (Å²) in [7, 11) is 0. The summed E-state index contributed by atoms with van der Waals surface area (Å²) in [6, 6.07) is 4.61. The van der Waals surface area contributed by atoms with Gasteiger partial charge in [-0.1, -0.05) is 0 Å². The Morgan fingerprint density at radius 1 is 1.47 bits per heavy atom. The molecule has 1 aromatic carbocycles. The van der Waals surface area contributed by atoms with Crippen LogP contribution >= 0.6 is 15.9 Å². The number of nitrogens with zero attached hydrogens (tertiary/aromatic N) is 2. The standard InChI is InChI=1S/C13H15BrFN3O/c14-11-6-9(8-16)5-10(13(11)19)12(7-15)18-3-1-17-2-4-18/h5-6,12,17,19H,1-4,7H2/t12-/m0/s1. The monoisotopic (exact) mass is 327 g/mol. The van der Waals surface area contributed by atoms with Crippen LogP contribution in [0.3, 0.4) is 0 Å². The SMILES string of the molecule is N#Cc1cc(Br)c(O)c([C@H](CF)N2CCNCC2)c1. The number of nitrogens with one attached hydrogen (secondary N) is 1. The Morgan fingerprint density at radius 2 is 2.16 bits per heavy atom. The van der Waals surface area contributed by atoms with Crippen LogP contribution in [0.25, 0.3) is 0 Å². The molecule has 0 aromatic heterocycles. The van der Waals surface area contributed by atoms with Crippen LogP contribution in [0, 0.1) is 11.3 Å². The fourth-order valence-corrected chi connectivity index (χ4v) is 2.79. The molecule has 0 saturated carbocycles. The molecule has 4 nitrogen and oxygen atoms in total. The van der Waals surface area contributed by atoms with Gasteiger partial charge in [-0.25, -0.2) is 4.39 Å². The van der Waals surface area contributed by atoms with Gasteiger partial charge in [0.15, 0.2) is 0 Å². The van der Waals surface area contributed by atoms with E-state index in [0.29, 0.717) is 15.6 Å². The van der Waals surface area contributed by atoms with E-state index in [9.17, 15) is 9.50 Å². The predicted molar refractivity (Wildman–Crippen MR) is 73.7 cm³/mol. The molecule has 1 heterocycles. The van der Waals surface area contributed by atoms with Gasteiger partial charge in [-0.05, 0) is 28.1 Å². The lowest BCUT2D eigenvalue weighted by atomic mass is 10.0. The minimum Gasteiger partial charge on any atom is -0.506 e. The fraction of sp³-hybridized carbons (Fsp3) is 0.462. The molecule has 19 heavy (non-hydrogen) atoms. The van der Waals surface area contributed by atoms with Gasteiger partial charge < -0.3 is 10.4 Å². The Kier molecular flexibility index (Phi) is 4.75. The Morgan fingerprint density at radius 3 is 2.74 bits per heavy atom. The highest BCUT2D eigenvalue weighted by atomic mass is 79.9. The van der Waals surface area contributed by atoms with Crippen molar-refractivity contribution in [1.82, 2.24) is 10.2 Å². The molecule has 1 atom stereocenters. The molecule has 0 unspecified atom stereocenters. The number of phenols is 1. The molecule has 1 aliphatic heterocycles. The number of benzene rings is 1. The lowest BCUT2D eigenvalue weighted by Gasteiger charge is -2.34. The second-order valence-electron chi connectivity index (χ2n) is 4.46. The third-order valence-corrected chi connectivity index (χ3v) is 3.92. The fourth-order valence-electron chi connectivity index (χ4n) is 2.31. The van der Waals surface area contributed by atoms with E-state index in [4.69, 9.17) is 5.26 Å². The second kappa shape index (κ2) is 6.33. The van der Waals surface area contributed by atoms with Crippen molar-refractivity contribution in [3.8, 4) is 11.8 Å². The maximum Gasteiger partial charge on any atom is 0.134 e. The Bertz CT molecular complexity index is 497. The zero-order chi connectivity index (χ0) is 13.8. The lowest BCUT2D eigenvalue weighted by Crippen LogP contribution is -2.45. The number of phenolic OH excluding ortho intramolecular Hbond substituents is 1. The van der Waals surface area contributed by atoms with Gasteiger partial charge in [0.2, 0.25) is 0 Å². The van der Waals surface area contributed by atoms with Crippen molar-refractivity contribution in [3.63, 3.8) is 0 Å². The first kappa shape index (κ1) is 14.3. The Balaban J connectivity index is 2.37. The molecule has 0 amide bonds. The van der Waals surface area contributed by atoms with E-state index >= 15 is 0 Å². The molecule has 2 rings (SSSR count). The van der Waals surface area contributed by atoms with Crippen LogP contribution in [-0.4, -0.2) is 42.9 Å². The van der Waals surface area contributed by atoms with E-state index in [1.807, 2.05) is 11.0 Å². The average molecular weight is 328 g/mol. The lowest BCUT2D eigenvalue weighted by molar-refractivity contribution is 0.145. The van der Waals surface area contributed by atoms with Gasteiger partial charge >= 0.3 is 0 Å². The number of hydrogen-bond acceptors (Lipinski definition) is 4. The second-order valence-corrected chi connectivity index (χ2v) is 5.32. The van der Waals surface area contributed by atoms with Crippen molar-refractivity contribution in [2.75, 3.05) is 32.9 Å². The van der Waals surface area contributed by atoms with Crippen molar-refractivity contribution in [2.45, 2.75) is 6.04 Å². The topological polar surface area (TPSA) is 59.3 Å². The summed E-state index contributed by atoms with van der Waals surface area (Å²) in [6.07, 6.45) is 0. The van der Waals surface area contributed by atoms with Crippen molar-refractivity contribution < 1.29 is 9.50 Å². The van der Waals surface area contributed by atoms with Crippen LogP contribution in [0.1, 0.15) is 17.2 Å². The molecular weight excluding hydrogens is 313 g/mol.